The maximum absolute atomic E-state index is 11.9. The summed E-state index contributed by atoms with van der Waals surface area (Å²) in [6.07, 6.45) is 1.19. The van der Waals surface area contributed by atoms with Gasteiger partial charge in [0.15, 0.2) is 0 Å². The molecule has 0 aliphatic heterocycles. The molecule has 0 bridgehead atoms. The second-order valence-corrected chi connectivity index (χ2v) is 6.15. The van der Waals surface area contributed by atoms with Crippen molar-refractivity contribution in [1.29, 1.82) is 0 Å². The van der Waals surface area contributed by atoms with E-state index in [0.29, 0.717) is 5.75 Å². The molecule has 1 amide bonds. The lowest BCUT2D eigenvalue weighted by Gasteiger charge is -2.07. The van der Waals surface area contributed by atoms with Gasteiger partial charge in [-0.05, 0) is 16.3 Å². The average Bonchev–Trinajstić information content (AvgIpc) is 2.58. The number of anilines is 1. The lowest BCUT2D eigenvalue weighted by atomic mass is 10.1. The van der Waals surface area contributed by atoms with E-state index in [2.05, 4.69) is 33.5 Å². The van der Waals surface area contributed by atoms with Crippen LogP contribution in [0.2, 0.25) is 0 Å². The van der Waals surface area contributed by atoms with Crippen LogP contribution in [0.1, 0.15) is 5.56 Å². The summed E-state index contributed by atoms with van der Waals surface area (Å²) in [5.74, 6) is 0.608. The molecule has 0 fully saturated rings. The molecule has 7 heteroatoms. The van der Waals surface area contributed by atoms with E-state index in [1.165, 1.54) is 28.7 Å². The van der Waals surface area contributed by atoms with Crippen molar-refractivity contribution >= 4 is 34.1 Å². The van der Waals surface area contributed by atoms with Gasteiger partial charge in [-0.3, -0.25) is 14.6 Å². The van der Waals surface area contributed by atoms with E-state index in [4.69, 9.17) is 0 Å². The lowest BCUT2D eigenvalue weighted by molar-refractivity contribution is -0.113. The lowest BCUT2D eigenvalue weighted by Crippen LogP contribution is -2.27. The smallest absolute Gasteiger partial charge is 0.320 e. The van der Waals surface area contributed by atoms with Crippen LogP contribution in [0.5, 0.6) is 0 Å². The molecule has 0 saturated heterocycles. The SMILES string of the molecule is O=C(CSCc1cccc2ccccc12)Nc1c[nH]c(=O)[nH]c1=O. The number of H-pyrrole nitrogens is 2. The van der Waals surface area contributed by atoms with E-state index >= 15 is 0 Å². The first-order valence-electron chi connectivity index (χ1n) is 7.30. The van der Waals surface area contributed by atoms with Crippen molar-refractivity contribution in [3.05, 3.63) is 75.1 Å². The van der Waals surface area contributed by atoms with Crippen LogP contribution in [0, 0.1) is 0 Å². The molecule has 0 aliphatic carbocycles. The molecule has 3 aromatic rings. The maximum Gasteiger partial charge on any atom is 0.325 e. The number of carbonyl (C=O) groups is 1. The fraction of sp³-hybridized carbons (Fsp3) is 0.118. The van der Waals surface area contributed by atoms with Crippen LogP contribution >= 0.6 is 11.8 Å². The van der Waals surface area contributed by atoms with E-state index in [-0.39, 0.29) is 17.3 Å². The quantitative estimate of drug-likeness (QED) is 0.662. The number of aromatic amines is 2. The van der Waals surface area contributed by atoms with Crippen molar-refractivity contribution < 1.29 is 4.79 Å². The van der Waals surface area contributed by atoms with Gasteiger partial charge in [0.25, 0.3) is 5.56 Å². The van der Waals surface area contributed by atoms with Crippen molar-refractivity contribution in [2.75, 3.05) is 11.1 Å². The number of aromatic nitrogens is 2. The number of amides is 1. The molecule has 3 rings (SSSR count). The standard InChI is InChI=1S/C17H15N3O3S/c21-15(19-14-8-18-17(23)20-16(14)22)10-24-9-12-6-3-5-11-4-1-2-7-13(11)12/h1-8H,9-10H2,(H,19,21)(H2,18,20,22,23). The fourth-order valence-corrected chi connectivity index (χ4v) is 3.19. The van der Waals surface area contributed by atoms with Crippen LogP contribution in [-0.4, -0.2) is 21.6 Å². The number of hydrogen-bond acceptors (Lipinski definition) is 4. The molecule has 24 heavy (non-hydrogen) atoms. The summed E-state index contributed by atoms with van der Waals surface area (Å²) in [4.78, 5) is 38.8. The molecule has 0 atom stereocenters. The zero-order valence-electron chi connectivity index (χ0n) is 12.7. The first kappa shape index (κ1) is 16.1. The largest absolute Gasteiger partial charge is 0.325 e. The molecule has 1 aromatic heterocycles. The predicted octanol–water partition coefficient (Wildman–Crippen LogP) is 2.09. The molecule has 6 nitrogen and oxygen atoms in total. The van der Waals surface area contributed by atoms with Crippen LogP contribution in [0.15, 0.2) is 58.3 Å². The highest BCUT2D eigenvalue weighted by Crippen LogP contribution is 2.22. The molecule has 3 N–H and O–H groups in total. The van der Waals surface area contributed by atoms with Crippen molar-refractivity contribution in [1.82, 2.24) is 9.97 Å². The third kappa shape index (κ3) is 3.75. The van der Waals surface area contributed by atoms with Gasteiger partial charge in [-0.25, -0.2) is 4.79 Å². The Morgan fingerprint density at radius 2 is 1.88 bits per heavy atom. The van der Waals surface area contributed by atoms with Crippen LogP contribution < -0.4 is 16.6 Å². The van der Waals surface area contributed by atoms with E-state index in [1.54, 1.807) is 0 Å². The van der Waals surface area contributed by atoms with E-state index < -0.39 is 11.2 Å². The molecule has 122 valence electrons. The Hall–Kier alpha value is -2.80. The second-order valence-electron chi connectivity index (χ2n) is 5.16. The first-order chi connectivity index (χ1) is 11.6. The van der Waals surface area contributed by atoms with Gasteiger partial charge in [-0.2, -0.15) is 0 Å². The average molecular weight is 341 g/mol. The Morgan fingerprint density at radius 1 is 1.08 bits per heavy atom. The molecule has 0 aliphatic rings. The van der Waals surface area contributed by atoms with Crippen LogP contribution in [-0.2, 0) is 10.5 Å². The van der Waals surface area contributed by atoms with E-state index in [0.717, 1.165) is 5.56 Å². The number of carbonyl (C=O) groups excluding carboxylic acids is 1. The summed E-state index contributed by atoms with van der Waals surface area (Å²) in [5.41, 5.74) is -0.0346. The second kappa shape index (κ2) is 7.18. The highest BCUT2D eigenvalue weighted by molar-refractivity contribution is 7.99. The zero-order valence-corrected chi connectivity index (χ0v) is 13.5. The van der Waals surface area contributed by atoms with Gasteiger partial charge in [-0.15, -0.1) is 11.8 Å². The molecular weight excluding hydrogens is 326 g/mol. The first-order valence-corrected chi connectivity index (χ1v) is 8.45. The monoisotopic (exact) mass is 341 g/mol. The third-order valence-electron chi connectivity index (χ3n) is 3.46. The number of fused-ring (bicyclic) bond motifs is 1. The summed E-state index contributed by atoms with van der Waals surface area (Å²) in [5, 5.41) is 4.82. The Balaban J connectivity index is 1.60. The summed E-state index contributed by atoms with van der Waals surface area (Å²) in [6.45, 7) is 0. The number of hydrogen-bond donors (Lipinski definition) is 3. The number of nitrogens with one attached hydrogen (secondary N) is 3. The third-order valence-corrected chi connectivity index (χ3v) is 4.45. The van der Waals surface area contributed by atoms with E-state index in [1.807, 2.05) is 24.3 Å². The summed E-state index contributed by atoms with van der Waals surface area (Å²) < 4.78 is 0. The van der Waals surface area contributed by atoms with Crippen molar-refractivity contribution in [3.8, 4) is 0 Å². The van der Waals surface area contributed by atoms with Crippen LogP contribution in [0.25, 0.3) is 10.8 Å². The van der Waals surface area contributed by atoms with E-state index in [9.17, 15) is 14.4 Å². The highest BCUT2D eigenvalue weighted by atomic mass is 32.2. The number of rotatable bonds is 5. The molecule has 0 spiro atoms. The van der Waals surface area contributed by atoms with Gasteiger partial charge < -0.3 is 10.3 Å². The number of thioether (sulfide) groups is 1. The van der Waals surface area contributed by atoms with Crippen molar-refractivity contribution in [3.63, 3.8) is 0 Å². The van der Waals surface area contributed by atoms with Gasteiger partial charge in [0, 0.05) is 11.9 Å². The Kier molecular flexibility index (Phi) is 4.81. The molecule has 2 aromatic carbocycles. The van der Waals surface area contributed by atoms with Gasteiger partial charge in [0.05, 0.1) is 5.75 Å². The highest BCUT2D eigenvalue weighted by Gasteiger charge is 2.07. The molecule has 0 saturated carbocycles. The molecular formula is C17H15N3O3S. The summed E-state index contributed by atoms with van der Waals surface area (Å²) in [7, 11) is 0. The topological polar surface area (TPSA) is 94.8 Å². The molecule has 1 heterocycles. The Morgan fingerprint density at radius 3 is 2.71 bits per heavy atom. The molecule has 0 unspecified atom stereocenters. The van der Waals surface area contributed by atoms with Crippen LogP contribution in [0.3, 0.4) is 0 Å². The van der Waals surface area contributed by atoms with Gasteiger partial charge in [0.1, 0.15) is 5.69 Å². The minimum absolute atomic E-state index is 0.0327. The number of benzene rings is 2. The van der Waals surface area contributed by atoms with Crippen LogP contribution in [0.4, 0.5) is 5.69 Å². The van der Waals surface area contributed by atoms with Gasteiger partial charge in [-0.1, -0.05) is 42.5 Å². The minimum atomic E-state index is -0.619. The minimum Gasteiger partial charge on any atom is -0.320 e. The Labute approximate surface area is 141 Å². The van der Waals surface area contributed by atoms with Gasteiger partial charge in [0.2, 0.25) is 5.91 Å². The van der Waals surface area contributed by atoms with Gasteiger partial charge >= 0.3 is 5.69 Å². The van der Waals surface area contributed by atoms with Crippen molar-refractivity contribution in [2.24, 2.45) is 0 Å². The Bertz CT molecular complexity index is 989. The summed E-state index contributed by atoms with van der Waals surface area (Å²) >= 11 is 1.46. The van der Waals surface area contributed by atoms with Crippen molar-refractivity contribution in [2.45, 2.75) is 5.75 Å². The predicted molar refractivity (Wildman–Crippen MR) is 96.4 cm³/mol. The zero-order chi connectivity index (χ0) is 16.9. The molecule has 0 radical (unpaired) electrons. The normalized spacial score (nSPS) is 10.7. The fourth-order valence-electron chi connectivity index (χ4n) is 2.36. The maximum atomic E-state index is 11.9. The summed E-state index contributed by atoms with van der Waals surface area (Å²) in [6, 6.07) is 14.2.